The number of aliphatic carboxylic acids is 1. The lowest BCUT2D eigenvalue weighted by atomic mass is 9.95. The van der Waals surface area contributed by atoms with E-state index in [1.54, 1.807) is 6.07 Å². The summed E-state index contributed by atoms with van der Waals surface area (Å²) in [6.45, 7) is 4.04. The Labute approximate surface area is 111 Å². The summed E-state index contributed by atoms with van der Waals surface area (Å²) in [4.78, 5) is 22.6. The number of carboxylic acid groups (broad SMARTS) is 1. The Morgan fingerprint density at radius 3 is 2.42 bits per heavy atom. The maximum atomic E-state index is 12.1. The van der Waals surface area contributed by atoms with Crippen molar-refractivity contribution in [1.29, 1.82) is 0 Å². The number of hydrogen-bond acceptors (Lipinski definition) is 2. The first-order valence-electron chi connectivity index (χ1n) is 6.24. The minimum Gasteiger partial charge on any atom is -0.481 e. The van der Waals surface area contributed by atoms with Crippen LogP contribution in [-0.4, -0.2) is 16.9 Å². The maximum absolute atomic E-state index is 12.1. The molecule has 0 heterocycles. The van der Waals surface area contributed by atoms with Gasteiger partial charge < -0.3 is 5.11 Å². The predicted molar refractivity (Wildman–Crippen MR) is 74.6 cm³/mol. The molecule has 0 amide bonds. The van der Waals surface area contributed by atoms with Crippen LogP contribution in [0.4, 0.5) is 0 Å². The molecule has 0 radical (unpaired) electrons. The Kier molecular flexibility index (Phi) is 3.65. The number of fused-ring (bicyclic) bond motifs is 1. The highest BCUT2D eigenvalue weighted by Gasteiger charge is 2.12. The Bertz CT molecular complexity index is 656. The molecule has 0 spiro atoms. The normalized spacial score (nSPS) is 10.6. The first kappa shape index (κ1) is 13.3. The molecule has 0 aliphatic carbocycles. The topological polar surface area (TPSA) is 54.4 Å². The summed E-state index contributed by atoms with van der Waals surface area (Å²) in [7, 11) is 0. The first-order chi connectivity index (χ1) is 8.99. The summed E-state index contributed by atoms with van der Waals surface area (Å²) in [5.41, 5.74) is 2.93. The van der Waals surface area contributed by atoms with Gasteiger partial charge in [-0.2, -0.15) is 0 Å². The molecule has 2 rings (SSSR count). The number of carboxylic acids is 1. The molecule has 3 nitrogen and oxygen atoms in total. The quantitative estimate of drug-likeness (QED) is 0.852. The van der Waals surface area contributed by atoms with Gasteiger partial charge in [0.2, 0.25) is 0 Å². The molecule has 0 aromatic heterocycles. The van der Waals surface area contributed by atoms with Crippen molar-refractivity contribution in [3.8, 4) is 0 Å². The van der Waals surface area contributed by atoms with Crippen molar-refractivity contribution in [2.75, 3.05) is 0 Å². The maximum Gasteiger partial charge on any atom is 0.303 e. The fraction of sp³-hybridized carbons (Fsp3) is 0.250. The van der Waals surface area contributed by atoms with Crippen LogP contribution in [0.1, 0.15) is 34.3 Å². The van der Waals surface area contributed by atoms with E-state index in [9.17, 15) is 9.59 Å². The zero-order valence-electron chi connectivity index (χ0n) is 11.1. The van der Waals surface area contributed by atoms with Gasteiger partial charge in [-0.25, -0.2) is 0 Å². The summed E-state index contributed by atoms with van der Waals surface area (Å²) < 4.78 is 0. The molecule has 0 aliphatic heterocycles. The lowest BCUT2D eigenvalue weighted by molar-refractivity contribution is -0.136. The monoisotopic (exact) mass is 256 g/mol. The van der Waals surface area contributed by atoms with E-state index in [2.05, 4.69) is 6.07 Å². The molecule has 0 saturated heterocycles. The van der Waals surface area contributed by atoms with Gasteiger partial charge in [0.25, 0.3) is 0 Å². The number of carbonyl (C=O) groups is 2. The number of carbonyl (C=O) groups excluding carboxylic acids is 1. The number of aryl methyl sites for hydroxylation is 2. The molecule has 0 bridgehead atoms. The number of ketones is 1. The summed E-state index contributed by atoms with van der Waals surface area (Å²) >= 11 is 0. The van der Waals surface area contributed by atoms with E-state index in [0.29, 0.717) is 5.56 Å². The van der Waals surface area contributed by atoms with Crippen molar-refractivity contribution < 1.29 is 14.7 Å². The second-order valence-electron chi connectivity index (χ2n) is 4.78. The number of rotatable bonds is 4. The SMILES string of the molecule is Cc1cc2cccc(C(=O)CCC(=O)O)c2cc1C. The van der Waals surface area contributed by atoms with Crippen LogP contribution in [0, 0.1) is 13.8 Å². The smallest absolute Gasteiger partial charge is 0.303 e. The fourth-order valence-electron chi connectivity index (χ4n) is 2.15. The molecule has 1 N–H and O–H groups in total. The van der Waals surface area contributed by atoms with Crippen LogP contribution in [0.25, 0.3) is 10.8 Å². The molecule has 0 unspecified atom stereocenters. The summed E-state index contributed by atoms with van der Waals surface area (Å²) in [6.07, 6.45) is -0.0819. The Hall–Kier alpha value is -2.16. The highest BCUT2D eigenvalue weighted by molar-refractivity contribution is 6.08. The van der Waals surface area contributed by atoms with Crippen LogP contribution in [0.5, 0.6) is 0 Å². The molecular formula is C16H16O3. The van der Waals surface area contributed by atoms with E-state index in [1.165, 1.54) is 5.56 Å². The third-order valence-corrected chi connectivity index (χ3v) is 3.36. The van der Waals surface area contributed by atoms with Crippen LogP contribution >= 0.6 is 0 Å². The van der Waals surface area contributed by atoms with Crippen molar-refractivity contribution in [2.45, 2.75) is 26.7 Å². The molecule has 19 heavy (non-hydrogen) atoms. The first-order valence-corrected chi connectivity index (χ1v) is 6.24. The lowest BCUT2D eigenvalue weighted by Crippen LogP contribution is -2.04. The fourth-order valence-corrected chi connectivity index (χ4v) is 2.15. The van der Waals surface area contributed by atoms with E-state index in [1.807, 2.05) is 32.0 Å². The van der Waals surface area contributed by atoms with Crippen molar-refractivity contribution >= 4 is 22.5 Å². The Morgan fingerprint density at radius 2 is 1.74 bits per heavy atom. The highest BCUT2D eigenvalue weighted by Crippen LogP contribution is 2.24. The molecule has 0 fully saturated rings. The van der Waals surface area contributed by atoms with Gasteiger partial charge in [-0.05, 0) is 35.7 Å². The van der Waals surface area contributed by atoms with Gasteiger partial charge >= 0.3 is 5.97 Å². The lowest BCUT2D eigenvalue weighted by Gasteiger charge is -2.08. The predicted octanol–water partition coefficient (Wildman–Crippen LogP) is 3.50. The minimum atomic E-state index is -0.944. The van der Waals surface area contributed by atoms with Crippen LogP contribution in [-0.2, 0) is 4.79 Å². The van der Waals surface area contributed by atoms with Gasteiger partial charge in [0.15, 0.2) is 5.78 Å². The van der Waals surface area contributed by atoms with Gasteiger partial charge in [0.05, 0.1) is 6.42 Å². The zero-order valence-corrected chi connectivity index (χ0v) is 11.1. The molecule has 3 heteroatoms. The van der Waals surface area contributed by atoms with E-state index < -0.39 is 5.97 Å². The van der Waals surface area contributed by atoms with Crippen LogP contribution in [0.3, 0.4) is 0 Å². The standard InChI is InChI=1S/C16H16O3/c1-10-8-12-4-3-5-13(14(12)9-11(10)2)15(17)6-7-16(18)19/h3-5,8-9H,6-7H2,1-2H3,(H,18,19). The van der Waals surface area contributed by atoms with E-state index in [0.717, 1.165) is 16.3 Å². The van der Waals surface area contributed by atoms with E-state index in [4.69, 9.17) is 5.11 Å². The molecule has 0 aliphatic rings. The third-order valence-electron chi connectivity index (χ3n) is 3.36. The van der Waals surface area contributed by atoms with Gasteiger partial charge in [-0.15, -0.1) is 0 Å². The van der Waals surface area contributed by atoms with Gasteiger partial charge in [-0.3, -0.25) is 9.59 Å². The van der Waals surface area contributed by atoms with Crippen molar-refractivity contribution in [2.24, 2.45) is 0 Å². The second kappa shape index (κ2) is 5.22. The van der Waals surface area contributed by atoms with Gasteiger partial charge in [0.1, 0.15) is 0 Å². The van der Waals surface area contributed by atoms with Crippen LogP contribution in [0.15, 0.2) is 30.3 Å². The highest BCUT2D eigenvalue weighted by atomic mass is 16.4. The Balaban J connectivity index is 2.46. The molecule has 98 valence electrons. The van der Waals surface area contributed by atoms with E-state index >= 15 is 0 Å². The number of benzene rings is 2. The molecule has 0 saturated carbocycles. The Morgan fingerprint density at radius 1 is 1.05 bits per heavy atom. The molecular weight excluding hydrogens is 240 g/mol. The number of hydrogen-bond donors (Lipinski definition) is 1. The summed E-state index contributed by atoms with van der Waals surface area (Å²) in [5.74, 6) is -1.06. The summed E-state index contributed by atoms with van der Waals surface area (Å²) in [6, 6.07) is 9.62. The molecule has 2 aromatic rings. The van der Waals surface area contributed by atoms with Crippen molar-refractivity contribution in [3.63, 3.8) is 0 Å². The second-order valence-corrected chi connectivity index (χ2v) is 4.78. The largest absolute Gasteiger partial charge is 0.481 e. The van der Waals surface area contributed by atoms with Gasteiger partial charge in [0, 0.05) is 12.0 Å². The summed E-state index contributed by atoms with van der Waals surface area (Å²) in [5, 5.41) is 10.6. The van der Waals surface area contributed by atoms with Crippen LogP contribution < -0.4 is 0 Å². The number of Topliss-reactive ketones (excluding diaryl/α,β-unsaturated/α-hetero) is 1. The van der Waals surface area contributed by atoms with Crippen LogP contribution in [0.2, 0.25) is 0 Å². The van der Waals surface area contributed by atoms with Gasteiger partial charge in [-0.1, -0.05) is 30.3 Å². The average molecular weight is 256 g/mol. The van der Waals surface area contributed by atoms with Crippen molar-refractivity contribution in [3.05, 3.63) is 47.0 Å². The third kappa shape index (κ3) is 2.81. The van der Waals surface area contributed by atoms with Crippen molar-refractivity contribution in [1.82, 2.24) is 0 Å². The molecule has 0 atom stereocenters. The minimum absolute atomic E-state index is 0.0430. The van der Waals surface area contributed by atoms with E-state index in [-0.39, 0.29) is 18.6 Å². The zero-order chi connectivity index (χ0) is 14.0. The molecule has 2 aromatic carbocycles. The average Bonchev–Trinajstić information content (AvgIpc) is 2.36.